The summed E-state index contributed by atoms with van der Waals surface area (Å²) in [7, 11) is 0. The second-order valence-electron chi connectivity index (χ2n) is 2.26. The third-order valence-corrected chi connectivity index (χ3v) is 1.59. The highest BCUT2D eigenvalue weighted by Gasteiger charge is 2.11. The molecule has 0 aromatic heterocycles. The average Bonchev–Trinajstić information content (AvgIpc) is 1.89. The van der Waals surface area contributed by atoms with Gasteiger partial charge < -0.3 is 11.3 Å². The van der Waals surface area contributed by atoms with Gasteiger partial charge in [0.05, 0.1) is 11.4 Å². The summed E-state index contributed by atoms with van der Waals surface area (Å²) in [6.45, 7) is 0. The maximum Gasteiger partial charge on any atom is 0.0807 e. The summed E-state index contributed by atoms with van der Waals surface area (Å²) in [4.78, 5) is 0. The van der Waals surface area contributed by atoms with Crippen LogP contribution in [0.15, 0.2) is 5.10 Å². The Morgan fingerprint density at radius 1 is 1.33 bits per heavy atom. The highest BCUT2D eigenvalue weighted by Crippen LogP contribution is 2.10. The molecule has 9 heavy (non-hydrogen) atoms. The molecule has 0 unspecified atom stereocenters. The summed E-state index contributed by atoms with van der Waals surface area (Å²) in [6.07, 6.45) is 4.02. The van der Waals surface area contributed by atoms with Gasteiger partial charge in [-0.25, -0.2) is 0 Å². The molecule has 1 fully saturated rings. The summed E-state index contributed by atoms with van der Waals surface area (Å²) in [5.74, 6) is 5.04. The Morgan fingerprint density at radius 2 is 2.00 bits per heavy atom. The SMILES string of the molecule is N=C1CCCC/C1=N/N. The molecule has 3 heteroatoms. The molecule has 3 N–H and O–H groups in total. The van der Waals surface area contributed by atoms with Gasteiger partial charge >= 0.3 is 0 Å². The van der Waals surface area contributed by atoms with Crippen molar-refractivity contribution in [2.24, 2.45) is 10.9 Å². The van der Waals surface area contributed by atoms with Crippen molar-refractivity contribution in [1.82, 2.24) is 0 Å². The molecule has 0 heterocycles. The molecule has 1 rings (SSSR count). The summed E-state index contributed by atoms with van der Waals surface area (Å²) < 4.78 is 0. The highest BCUT2D eigenvalue weighted by atomic mass is 15.1. The minimum absolute atomic E-state index is 0.628. The predicted octanol–water partition coefficient (Wildman–Crippen LogP) is 0.895. The summed E-state index contributed by atoms with van der Waals surface area (Å²) in [5.41, 5.74) is 1.42. The molecule has 0 radical (unpaired) electrons. The van der Waals surface area contributed by atoms with Crippen LogP contribution in [-0.2, 0) is 0 Å². The van der Waals surface area contributed by atoms with E-state index in [9.17, 15) is 0 Å². The molecule has 0 atom stereocenters. The van der Waals surface area contributed by atoms with Crippen LogP contribution in [0.25, 0.3) is 0 Å². The first-order valence-corrected chi connectivity index (χ1v) is 3.19. The van der Waals surface area contributed by atoms with Crippen LogP contribution in [0, 0.1) is 5.41 Å². The van der Waals surface area contributed by atoms with Gasteiger partial charge in [0.2, 0.25) is 0 Å². The molecule has 50 valence electrons. The molecular weight excluding hydrogens is 114 g/mol. The van der Waals surface area contributed by atoms with Crippen molar-refractivity contribution in [2.75, 3.05) is 0 Å². The van der Waals surface area contributed by atoms with Crippen LogP contribution in [0.2, 0.25) is 0 Å². The van der Waals surface area contributed by atoms with E-state index >= 15 is 0 Å². The molecule has 0 aromatic rings. The molecule has 0 spiro atoms. The van der Waals surface area contributed by atoms with Gasteiger partial charge in [-0.3, -0.25) is 0 Å². The van der Waals surface area contributed by atoms with E-state index in [1.165, 1.54) is 0 Å². The van der Waals surface area contributed by atoms with Crippen molar-refractivity contribution < 1.29 is 0 Å². The largest absolute Gasteiger partial charge is 0.323 e. The van der Waals surface area contributed by atoms with Crippen molar-refractivity contribution in [3.05, 3.63) is 0 Å². The molecule has 1 saturated carbocycles. The lowest BCUT2D eigenvalue weighted by atomic mass is 9.97. The standard InChI is InChI=1S/C6H11N3/c7-5-3-1-2-4-6(5)9-8/h7H,1-4,8H2/b7-5?,9-6-. The molecular formula is C6H11N3. The summed E-state index contributed by atoms with van der Waals surface area (Å²) >= 11 is 0. The van der Waals surface area contributed by atoms with E-state index in [1.807, 2.05) is 0 Å². The molecule has 0 amide bonds. The molecule has 0 aromatic carbocycles. The van der Waals surface area contributed by atoms with Gasteiger partial charge in [0.15, 0.2) is 0 Å². The molecule has 0 saturated heterocycles. The Balaban J connectivity index is 2.60. The van der Waals surface area contributed by atoms with Crippen LogP contribution in [0.5, 0.6) is 0 Å². The van der Waals surface area contributed by atoms with Gasteiger partial charge in [0.25, 0.3) is 0 Å². The molecule has 1 aliphatic carbocycles. The Labute approximate surface area is 54.4 Å². The van der Waals surface area contributed by atoms with Crippen LogP contribution in [-0.4, -0.2) is 11.4 Å². The zero-order valence-corrected chi connectivity index (χ0v) is 5.35. The Morgan fingerprint density at radius 3 is 2.44 bits per heavy atom. The number of nitrogens with zero attached hydrogens (tertiary/aromatic N) is 1. The fraction of sp³-hybridized carbons (Fsp3) is 0.667. The second-order valence-corrected chi connectivity index (χ2v) is 2.26. The van der Waals surface area contributed by atoms with Gasteiger partial charge in [-0.05, 0) is 25.7 Å². The van der Waals surface area contributed by atoms with Crippen molar-refractivity contribution in [3.63, 3.8) is 0 Å². The normalized spacial score (nSPS) is 24.9. The highest BCUT2D eigenvalue weighted by molar-refractivity contribution is 6.41. The quantitative estimate of drug-likeness (QED) is 0.366. The van der Waals surface area contributed by atoms with E-state index in [2.05, 4.69) is 5.10 Å². The topological polar surface area (TPSA) is 62.2 Å². The maximum atomic E-state index is 7.34. The van der Waals surface area contributed by atoms with Crippen LogP contribution >= 0.6 is 0 Å². The van der Waals surface area contributed by atoms with E-state index < -0.39 is 0 Å². The maximum absolute atomic E-state index is 7.34. The fourth-order valence-corrected chi connectivity index (χ4v) is 1.03. The van der Waals surface area contributed by atoms with Gasteiger partial charge in [0.1, 0.15) is 0 Å². The number of hydrogen-bond donors (Lipinski definition) is 2. The van der Waals surface area contributed by atoms with E-state index in [0.717, 1.165) is 31.4 Å². The van der Waals surface area contributed by atoms with Crippen molar-refractivity contribution >= 4 is 11.4 Å². The summed E-state index contributed by atoms with van der Waals surface area (Å²) in [6, 6.07) is 0. The van der Waals surface area contributed by atoms with Crippen LogP contribution < -0.4 is 5.84 Å². The minimum atomic E-state index is 0.628. The second kappa shape index (κ2) is 2.62. The Bertz CT molecular complexity index is 148. The van der Waals surface area contributed by atoms with E-state index in [4.69, 9.17) is 11.3 Å². The zero-order chi connectivity index (χ0) is 6.69. The van der Waals surface area contributed by atoms with Crippen LogP contribution in [0.1, 0.15) is 25.7 Å². The first-order valence-electron chi connectivity index (χ1n) is 3.19. The summed E-state index contributed by atoms with van der Waals surface area (Å²) in [5, 5.41) is 10.9. The van der Waals surface area contributed by atoms with E-state index in [-0.39, 0.29) is 0 Å². The van der Waals surface area contributed by atoms with E-state index in [0.29, 0.717) is 5.71 Å². The number of rotatable bonds is 0. The minimum Gasteiger partial charge on any atom is -0.323 e. The lowest BCUT2D eigenvalue weighted by Gasteiger charge is -2.11. The number of nitrogens with one attached hydrogen (secondary N) is 1. The monoisotopic (exact) mass is 125 g/mol. The number of hydrazone groups is 1. The van der Waals surface area contributed by atoms with Gasteiger partial charge in [-0.2, -0.15) is 5.10 Å². The zero-order valence-electron chi connectivity index (χ0n) is 5.35. The van der Waals surface area contributed by atoms with Crippen molar-refractivity contribution in [2.45, 2.75) is 25.7 Å². The fourth-order valence-electron chi connectivity index (χ4n) is 1.03. The Hall–Kier alpha value is -0.860. The molecule has 0 bridgehead atoms. The van der Waals surface area contributed by atoms with Gasteiger partial charge in [-0.15, -0.1) is 0 Å². The Kier molecular flexibility index (Phi) is 1.82. The number of hydrogen-bond acceptors (Lipinski definition) is 3. The van der Waals surface area contributed by atoms with Crippen molar-refractivity contribution in [3.8, 4) is 0 Å². The van der Waals surface area contributed by atoms with Crippen LogP contribution in [0.3, 0.4) is 0 Å². The third kappa shape index (κ3) is 1.28. The predicted molar refractivity (Wildman–Crippen MR) is 37.8 cm³/mol. The molecule has 0 aliphatic heterocycles. The first-order chi connectivity index (χ1) is 4.34. The smallest absolute Gasteiger partial charge is 0.0807 e. The van der Waals surface area contributed by atoms with Gasteiger partial charge in [-0.1, -0.05) is 0 Å². The van der Waals surface area contributed by atoms with Crippen LogP contribution in [0.4, 0.5) is 0 Å². The third-order valence-electron chi connectivity index (χ3n) is 1.59. The lowest BCUT2D eigenvalue weighted by Crippen LogP contribution is -2.19. The average molecular weight is 125 g/mol. The number of nitrogens with two attached hydrogens (primary N) is 1. The van der Waals surface area contributed by atoms with Gasteiger partial charge in [0, 0.05) is 0 Å². The van der Waals surface area contributed by atoms with Crippen molar-refractivity contribution in [1.29, 1.82) is 5.41 Å². The van der Waals surface area contributed by atoms with E-state index in [1.54, 1.807) is 0 Å². The lowest BCUT2D eigenvalue weighted by molar-refractivity contribution is 0.772. The molecule has 1 aliphatic rings. The first kappa shape index (κ1) is 6.26. The molecule has 3 nitrogen and oxygen atoms in total.